The molecule has 11 heteroatoms. The fourth-order valence-corrected chi connectivity index (χ4v) is 4.62. The smallest absolute Gasteiger partial charge is 0.383 e. The van der Waals surface area contributed by atoms with Crippen LogP contribution in [0, 0.1) is 11.8 Å². The van der Waals surface area contributed by atoms with E-state index in [-0.39, 0.29) is 29.3 Å². The highest BCUT2D eigenvalue weighted by Crippen LogP contribution is 2.33. The number of likely N-dealkylation sites (N-methyl/N-ethyl adjacent to an activating group) is 1. The summed E-state index contributed by atoms with van der Waals surface area (Å²) in [5.74, 6) is 5.68. The molecule has 1 amide bonds. The molecule has 0 radical (unpaired) electrons. The molecule has 1 saturated heterocycles. The van der Waals surface area contributed by atoms with Crippen LogP contribution in [0.1, 0.15) is 39.5 Å². The van der Waals surface area contributed by atoms with E-state index in [4.69, 9.17) is 5.73 Å². The lowest BCUT2D eigenvalue weighted by Crippen LogP contribution is -2.45. The monoisotopic (exact) mass is 547 g/mol. The summed E-state index contributed by atoms with van der Waals surface area (Å²) >= 11 is 0. The minimum atomic E-state index is -4.59. The maximum Gasteiger partial charge on any atom is 0.416 e. The minimum Gasteiger partial charge on any atom is -0.383 e. The Morgan fingerprint density at radius 2 is 1.85 bits per heavy atom. The van der Waals surface area contributed by atoms with Gasteiger partial charge < -0.3 is 20.9 Å². The van der Waals surface area contributed by atoms with Gasteiger partial charge in [0.2, 0.25) is 0 Å². The molecular formula is C29H28F3N7O. The molecule has 40 heavy (non-hydrogen) atoms. The Morgan fingerprint density at radius 1 is 1.07 bits per heavy atom. The van der Waals surface area contributed by atoms with Crippen molar-refractivity contribution in [3.63, 3.8) is 0 Å². The lowest BCUT2D eigenvalue weighted by atomic mass is 10.0. The number of fused-ring (bicyclic) bond motifs is 1. The molecule has 1 aromatic carbocycles. The molecule has 1 aliphatic rings. The van der Waals surface area contributed by atoms with Gasteiger partial charge in [0.15, 0.2) is 0 Å². The number of anilines is 2. The van der Waals surface area contributed by atoms with Crippen molar-refractivity contribution in [2.45, 2.75) is 19.6 Å². The quantitative estimate of drug-likeness (QED) is 0.321. The van der Waals surface area contributed by atoms with Crippen LogP contribution < -0.4 is 11.1 Å². The number of amides is 1. The molecule has 0 atom stereocenters. The Labute approximate surface area is 229 Å². The maximum atomic E-state index is 14.0. The highest BCUT2D eigenvalue weighted by molar-refractivity contribution is 6.04. The number of carbonyl (C=O) groups is 1. The molecule has 4 aromatic rings. The molecule has 0 spiro atoms. The van der Waals surface area contributed by atoms with E-state index in [1.807, 2.05) is 17.0 Å². The first kappa shape index (κ1) is 27.2. The normalized spacial score (nSPS) is 14.6. The molecule has 0 aliphatic carbocycles. The molecule has 1 fully saturated rings. The van der Waals surface area contributed by atoms with Crippen molar-refractivity contribution in [2.75, 3.05) is 43.8 Å². The number of benzene rings is 1. The molecular weight excluding hydrogens is 519 g/mol. The van der Waals surface area contributed by atoms with Crippen LogP contribution in [0.15, 0.2) is 54.9 Å². The minimum absolute atomic E-state index is 0.108. The second kappa shape index (κ2) is 11.4. The van der Waals surface area contributed by atoms with Gasteiger partial charge in [0.05, 0.1) is 11.1 Å². The molecule has 0 saturated carbocycles. The number of hydrogen-bond donors (Lipinski definition) is 3. The molecule has 3 aromatic heterocycles. The Morgan fingerprint density at radius 3 is 2.60 bits per heavy atom. The second-order valence-electron chi connectivity index (χ2n) is 9.55. The summed E-state index contributed by atoms with van der Waals surface area (Å²) in [7, 11) is 0. The van der Waals surface area contributed by atoms with E-state index in [1.54, 1.807) is 18.3 Å². The Hall–Kier alpha value is -4.40. The average molecular weight is 548 g/mol. The number of nitrogens with one attached hydrogen (secondary N) is 2. The zero-order valence-electron chi connectivity index (χ0n) is 21.8. The zero-order chi connectivity index (χ0) is 28.3. The summed E-state index contributed by atoms with van der Waals surface area (Å²) in [5, 5.41) is 3.44. The first-order chi connectivity index (χ1) is 19.2. The number of aromatic amines is 1. The highest BCUT2D eigenvalue weighted by atomic mass is 19.4. The van der Waals surface area contributed by atoms with E-state index in [2.05, 4.69) is 43.9 Å². The molecule has 8 nitrogen and oxygen atoms in total. The number of rotatable bonds is 5. The summed E-state index contributed by atoms with van der Waals surface area (Å²) < 4.78 is 41.9. The van der Waals surface area contributed by atoms with Crippen LogP contribution >= 0.6 is 0 Å². The number of halogens is 3. The zero-order valence-corrected chi connectivity index (χ0v) is 21.8. The number of hydrogen-bond acceptors (Lipinski definition) is 6. The van der Waals surface area contributed by atoms with Crippen LogP contribution in [0.3, 0.4) is 0 Å². The van der Waals surface area contributed by atoms with E-state index >= 15 is 0 Å². The number of aromatic nitrogens is 3. The van der Waals surface area contributed by atoms with Gasteiger partial charge in [0, 0.05) is 61.6 Å². The van der Waals surface area contributed by atoms with Crippen molar-refractivity contribution < 1.29 is 18.0 Å². The molecule has 0 bridgehead atoms. The van der Waals surface area contributed by atoms with Gasteiger partial charge in [-0.3, -0.25) is 9.69 Å². The van der Waals surface area contributed by atoms with Gasteiger partial charge >= 0.3 is 6.18 Å². The summed E-state index contributed by atoms with van der Waals surface area (Å²) in [4.78, 5) is 28.5. The van der Waals surface area contributed by atoms with E-state index in [1.165, 1.54) is 18.3 Å². The van der Waals surface area contributed by atoms with Crippen LogP contribution in [-0.4, -0.2) is 63.4 Å². The highest BCUT2D eigenvalue weighted by Gasteiger charge is 2.34. The third-order valence-corrected chi connectivity index (χ3v) is 6.89. The number of nitrogen functional groups attached to an aromatic ring is 1. The molecule has 5 rings (SSSR count). The number of nitrogens with two attached hydrogens (primary N) is 1. The lowest BCUT2D eigenvalue weighted by Gasteiger charge is -2.34. The summed E-state index contributed by atoms with van der Waals surface area (Å²) in [6.45, 7) is 6.20. The predicted molar refractivity (Wildman–Crippen MR) is 148 cm³/mol. The second-order valence-corrected chi connectivity index (χ2v) is 9.55. The summed E-state index contributed by atoms with van der Waals surface area (Å²) in [6.07, 6.45) is -1.38. The Kier molecular flexibility index (Phi) is 7.73. The molecule has 4 heterocycles. The van der Waals surface area contributed by atoms with Crippen molar-refractivity contribution in [3.05, 3.63) is 82.7 Å². The number of nitrogens with zero attached hydrogens (tertiary/aromatic N) is 4. The van der Waals surface area contributed by atoms with Crippen LogP contribution in [0.2, 0.25) is 0 Å². The first-order valence-electron chi connectivity index (χ1n) is 12.9. The van der Waals surface area contributed by atoms with Crippen LogP contribution in [0.5, 0.6) is 0 Å². The van der Waals surface area contributed by atoms with Gasteiger partial charge in [-0.1, -0.05) is 24.8 Å². The lowest BCUT2D eigenvalue weighted by molar-refractivity contribution is -0.138. The molecule has 206 valence electrons. The van der Waals surface area contributed by atoms with E-state index in [0.29, 0.717) is 29.9 Å². The van der Waals surface area contributed by atoms with Crippen LogP contribution in [-0.2, 0) is 12.7 Å². The van der Waals surface area contributed by atoms with Crippen LogP contribution in [0.25, 0.3) is 11.0 Å². The van der Waals surface area contributed by atoms with Crippen molar-refractivity contribution in [3.8, 4) is 11.8 Å². The van der Waals surface area contributed by atoms with Gasteiger partial charge in [0.25, 0.3) is 5.91 Å². The topological polar surface area (TPSA) is 103 Å². The van der Waals surface area contributed by atoms with E-state index < -0.39 is 17.6 Å². The van der Waals surface area contributed by atoms with Crippen molar-refractivity contribution in [2.24, 2.45) is 0 Å². The Balaban J connectivity index is 1.31. The number of pyridine rings is 2. The summed E-state index contributed by atoms with van der Waals surface area (Å²) in [6, 6.07) is 10.6. The molecule has 1 aliphatic heterocycles. The van der Waals surface area contributed by atoms with Gasteiger partial charge in [-0.15, -0.1) is 0 Å². The van der Waals surface area contributed by atoms with Gasteiger partial charge in [-0.05, 0) is 48.5 Å². The fraction of sp³-hybridized carbons (Fsp3) is 0.276. The molecule has 0 unspecified atom stereocenters. The third-order valence-electron chi connectivity index (χ3n) is 6.89. The third kappa shape index (κ3) is 6.25. The predicted octanol–water partition coefficient (Wildman–Crippen LogP) is 4.35. The SMILES string of the molecule is CCN1CCN(Cc2ccc(C(=O)Nc3cc(C#Cc4cc5cc[nH]c5nc4N)ccn3)cc2C(F)(F)F)CC1. The van der Waals surface area contributed by atoms with Crippen molar-refractivity contribution in [1.29, 1.82) is 0 Å². The van der Waals surface area contributed by atoms with E-state index in [9.17, 15) is 18.0 Å². The van der Waals surface area contributed by atoms with Crippen LogP contribution in [0.4, 0.5) is 24.8 Å². The average Bonchev–Trinajstić information content (AvgIpc) is 3.39. The van der Waals surface area contributed by atoms with Crippen molar-refractivity contribution in [1.82, 2.24) is 24.8 Å². The van der Waals surface area contributed by atoms with E-state index in [0.717, 1.165) is 31.1 Å². The number of carbonyl (C=O) groups excluding carboxylic acids is 1. The van der Waals surface area contributed by atoms with Crippen molar-refractivity contribution >= 4 is 28.6 Å². The largest absolute Gasteiger partial charge is 0.416 e. The van der Waals surface area contributed by atoms with Gasteiger partial charge in [-0.25, -0.2) is 9.97 Å². The fourth-order valence-electron chi connectivity index (χ4n) is 4.62. The standard InChI is InChI=1S/C29H28F3N7O/c1-2-38-11-13-39(14-12-38)18-23-6-5-22(17-24(23)29(30,31)32)28(40)36-25-15-19(7-9-34-25)3-4-20-16-21-8-10-35-27(21)37-26(20)33/h5-10,15-17H,2,11-14,18H2,1H3,(H3,33,35,37)(H,34,36,40). The summed E-state index contributed by atoms with van der Waals surface area (Å²) in [5.41, 5.74) is 6.97. The maximum absolute atomic E-state index is 14.0. The van der Waals surface area contributed by atoms with Gasteiger partial charge in [0.1, 0.15) is 17.3 Å². The number of H-pyrrole nitrogens is 1. The van der Waals surface area contributed by atoms with Gasteiger partial charge in [-0.2, -0.15) is 13.2 Å². The number of alkyl halides is 3. The molecule has 4 N–H and O–H groups in total. The number of piperazine rings is 1. The first-order valence-corrected chi connectivity index (χ1v) is 12.9. The Bertz CT molecular complexity index is 1590.